The predicted octanol–water partition coefficient (Wildman–Crippen LogP) is 2.63. The van der Waals surface area contributed by atoms with E-state index < -0.39 is 0 Å². The van der Waals surface area contributed by atoms with E-state index in [0.29, 0.717) is 36.6 Å². The summed E-state index contributed by atoms with van der Waals surface area (Å²) >= 11 is 0. The van der Waals surface area contributed by atoms with Crippen molar-refractivity contribution in [3.63, 3.8) is 0 Å². The summed E-state index contributed by atoms with van der Waals surface area (Å²) in [4.78, 5) is 18.9. The topological polar surface area (TPSA) is 76.8 Å². The van der Waals surface area contributed by atoms with E-state index in [9.17, 15) is 4.79 Å². The van der Waals surface area contributed by atoms with Gasteiger partial charge >= 0.3 is 0 Å². The number of rotatable bonds is 9. The average molecular weight is 397 g/mol. The van der Waals surface area contributed by atoms with Crippen molar-refractivity contribution in [2.24, 2.45) is 0 Å². The number of carbonyl (C=O) groups excluding carboxylic acids is 1. The zero-order chi connectivity index (χ0) is 20.8. The van der Waals surface area contributed by atoms with Crippen molar-refractivity contribution in [3.8, 4) is 5.75 Å². The fourth-order valence-electron chi connectivity index (χ4n) is 3.24. The maximum Gasteiger partial charge on any atom is 0.253 e. The molecule has 7 nitrogen and oxygen atoms in total. The minimum atomic E-state index is -0.186. The van der Waals surface area contributed by atoms with Crippen molar-refractivity contribution < 1.29 is 19.4 Å². The molecule has 0 aliphatic carbocycles. The van der Waals surface area contributed by atoms with Gasteiger partial charge in [0.2, 0.25) is 0 Å². The molecule has 1 aromatic heterocycles. The summed E-state index contributed by atoms with van der Waals surface area (Å²) in [5.41, 5.74) is 3.06. The highest BCUT2D eigenvalue weighted by molar-refractivity contribution is 5.99. The van der Waals surface area contributed by atoms with E-state index in [-0.39, 0.29) is 19.1 Å². The molecule has 154 valence electrons. The molecule has 0 saturated carbocycles. The second-order valence-corrected chi connectivity index (χ2v) is 6.87. The molecule has 1 heterocycles. The first-order valence-electron chi connectivity index (χ1n) is 9.58. The second-order valence-electron chi connectivity index (χ2n) is 6.87. The second kappa shape index (κ2) is 9.54. The highest BCUT2D eigenvalue weighted by atomic mass is 16.5. The molecule has 29 heavy (non-hydrogen) atoms. The van der Waals surface area contributed by atoms with Crippen LogP contribution < -0.4 is 4.74 Å². The van der Waals surface area contributed by atoms with Crippen molar-refractivity contribution >= 4 is 16.9 Å². The predicted molar refractivity (Wildman–Crippen MR) is 111 cm³/mol. The lowest BCUT2D eigenvalue weighted by Crippen LogP contribution is -2.29. The minimum Gasteiger partial charge on any atom is -0.487 e. The number of aryl methyl sites for hydroxylation is 1. The van der Waals surface area contributed by atoms with Crippen LogP contribution in [0.5, 0.6) is 5.75 Å². The number of aliphatic hydroxyl groups excluding tert-OH is 1. The van der Waals surface area contributed by atoms with Crippen LogP contribution in [0.25, 0.3) is 11.0 Å². The Bertz CT molecular complexity index is 969. The number of nitrogens with zero attached hydrogens (tertiary/aromatic N) is 3. The summed E-state index contributed by atoms with van der Waals surface area (Å²) in [5, 5.41) is 9.15. The fraction of sp³-hybridized carbons (Fsp3) is 0.364. The quantitative estimate of drug-likeness (QED) is 0.601. The van der Waals surface area contributed by atoms with Gasteiger partial charge in [-0.25, -0.2) is 4.98 Å². The molecule has 1 N–H and O–H groups in total. The highest BCUT2D eigenvalue weighted by Gasteiger charge is 2.19. The number of aromatic nitrogens is 2. The molecule has 0 atom stereocenters. The van der Waals surface area contributed by atoms with Crippen LogP contribution in [0.15, 0.2) is 42.5 Å². The third-order valence-electron chi connectivity index (χ3n) is 4.78. The molecule has 0 spiro atoms. The zero-order valence-corrected chi connectivity index (χ0v) is 17.1. The summed E-state index contributed by atoms with van der Waals surface area (Å²) in [7, 11) is 3.32. The minimum absolute atomic E-state index is 0.0907. The number of methoxy groups -OCH3 is 1. The van der Waals surface area contributed by atoms with Gasteiger partial charge in [-0.15, -0.1) is 0 Å². The van der Waals surface area contributed by atoms with Crippen molar-refractivity contribution in [1.82, 2.24) is 14.5 Å². The molecule has 0 saturated heterocycles. The van der Waals surface area contributed by atoms with Gasteiger partial charge in [-0.1, -0.05) is 30.3 Å². The van der Waals surface area contributed by atoms with Crippen molar-refractivity contribution in [2.45, 2.75) is 20.1 Å². The number of benzene rings is 2. The normalized spacial score (nSPS) is 11.0. The smallest absolute Gasteiger partial charge is 0.253 e. The van der Waals surface area contributed by atoms with Crippen LogP contribution in [0.2, 0.25) is 0 Å². The third kappa shape index (κ3) is 4.75. The Labute approximate surface area is 170 Å². The maximum atomic E-state index is 12.8. The molecular formula is C22H27N3O4. The van der Waals surface area contributed by atoms with Crippen LogP contribution in [0.3, 0.4) is 0 Å². The number of likely N-dealkylation sites (N-methyl/N-ethyl adjacent to an activating group) is 1. The van der Waals surface area contributed by atoms with Gasteiger partial charge < -0.3 is 24.0 Å². The summed E-state index contributed by atoms with van der Waals surface area (Å²) in [5.74, 6) is 1.24. The maximum absolute atomic E-state index is 12.8. The number of amides is 1. The molecule has 0 radical (unpaired) electrons. The Kier molecular flexibility index (Phi) is 6.85. The average Bonchev–Trinajstić information content (AvgIpc) is 3.05. The van der Waals surface area contributed by atoms with E-state index in [1.807, 2.05) is 41.8 Å². The van der Waals surface area contributed by atoms with Gasteiger partial charge in [0.1, 0.15) is 23.7 Å². The molecule has 0 unspecified atom stereocenters. The standard InChI is InChI=1S/C22H27N3O4/c1-16-23-19-13-18(22(27)24(2)9-11-26)14-20(21(19)25(16)10-12-28-3)29-15-17-7-5-4-6-8-17/h4-8,13-14,26H,9-12,15H2,1-3H3. The Balaban J connectivity index is 2.03. The molecular weight excluding hydrogens is 370 g/mol. The van der Waals surface area contributed by atoms with E-state index in [1.54, 1.807) is 26.3 Å². The Hall–Kier alpha value is -2.90. The van der Waals surface area contributed by atoms with E-state index in [1.165, 1.54) is 4.90 Å². The van der Waals surface area contributed by atoms with E-state index >= 15 is 0 Å². The highest BCUT2D eigenvalue weighted by Crippen LogP contribution is 2.30. The number of fused-ring (bicyclic) bond motifs is 1. The fourth-order valence-corrected chi connectivity index (χ4v) is 3.24. The van der Waals surface area contributed by atoms with Crippen LogP contribution >= 0.6 is 0 Å². The SMILES string of the molecule is COCCn1c(C)nc2cc(C(=O)N(C)CCO)cc(OCc3ccccc3)c21. The van der Waals surface area contributed by atoms with Crippen LogP contribution in [0.4, 0.5) is 0 Å². The molecule has 2 aromatic carbocycles. The lowest BCUT2D eigenvalue weighted by Gasteiger charge is -2.17. The van der Waals surface area contributed by atoms with Crippen molar-refractivity contribution in [1.29, 1.82) is 0 Å². The van der Waals surface area contributed by atoms with Crippen molar-refractivity contribution in [3.05, 3.63) is 59.4 Å². The Morgan fingerprint density at radius 3 is 2.69 bits per heavy atom. The van der Waals surface area contributed by atoms with Gasteiger partial charge in [0.05, 0.1) is 18.7 Å². The monoisotopic (exact) mass is 397 g/mol. The first-order chi connectivity index (χ1) is 14.0. The Morgan fingerprint density at radius 1 is 1.24 bits per heavy atom. The Morgan fingerprint density at radius 2 is 2.00 bits per heavy atom. The molecule has 1 amide bonds. The number of imidazole rings is 1. The molecule has 0 aliphatic rings. The van der Waals surface area contributed by atoms with Gasteiger partial charge in [0, 0.05) is 32.8 Å². The molecule has 7 heteroatoms. The van der Waals surface area contributed by atoms with Crippen LogP contribution in [-0.4, -0.2) is 59.4 Å². The van der Waals surface area contributed by atoms with Gasteiger partial charge in [-0.05, 0) is 24.6 Å². The first-order valence-corrected chi connectivity index (χ1v) is 9.58. The van der Waals surface area contributed by atoms with Gasteiger partial charge in [0.25, 0.3) is 5.91 Å². The number of carbonyl (C=O) groups is 1. The van der Waals surface area contributed by atoms with E-state index in [2.05, 4.69) is 4.98 Å². The van der Waals surface area contributed by atoms with Gasteiger partial charge in [-0.2, -0.15) is 0 Å². The van der Waals surface area contributed by atoms with Gasteiger partial charge in [-0.3, -0.25) is 4.79 Å². The summed E-state index contributed by atoms with van der Waals surface area (Å²) in [6, 6.07) is 13.4. The molecule has 0 bridgehead atoms. The lowest BCUT2D eigenvalue weighted by molar-refractivity contribution is 0.0766. The lowest BCUT2D eigenvalue weighted by atomic mass is 10.1. The number of hydrogen-bond donors (Lipinski definition) is 1. The first kappa shape index (κ1) is 20.8. The largest absolute Gasteiger partial charge is 0.487 e. The van der Waals surface area contributed by atoms with Crippen LogP contribution in [-0.2, 0) is 17.9 Å². The molecule has 3 aromatic rings. The molecule has 0 fully saturated rings. The number of ether oxygens (including phenoxy) is 2. The van der Waals surface area contributed by atoms with Crippen LogP contribution in [0, 0.1) is 6.92 Å². The zero-order valence-electron chi connectivity index (χ0n) is 17.1. The number of hydrogen-bond acceptors (Lipinski definition) is 5. The van der Waals surface area contributed by atoms with Crippen molar-refractivity contribution in [2.75, 3.05) is 33.9 Å². The van der Waals surface area contributed by atoms with E-state index in [4.69, 9.17) is 14.6 Å². The summed E-state index contributed by atoms with van der Waals surface area (Å²) < 4.78 is 13.4. The summed E-state index contributed by atoms with van der Waals surface area (Å²) in [6.45, 7) is 3.66. The number of aliphatic hydroxyl groups is 1. The summed E-state index contributed by atoms with van der Waals surface area (Å²) in [6.07, 6.45) is 0. The third-order valence-corrected chi connectivity index (χ3v) is 4.78. The molecule has 0 aliphatic heterocycles. The van der Waals surface area contributed by atoms with Gasteiger partial charge in [0.15, 0.2) is 0 Å². The van der Waals surface area contributed by atoms with E-state index in [0.717, 1.165) is 16.9 Å². The van der Waals surface area contributed by atoms with Crippen LogP contribution in [0.1, 0.15) is 21.7 Å². The molecule has 3 rings (SSSR count).